The van der Waals surface area contributed by atoms with Crippen molar-refractivity contribution in [1.82, 2.24) is 4.90 Å². The fourth-order valence-electron chi connectivity index (χ4n) is 2.25. The Labute approximate surface area is 124 Å². The number of hydrogen-bond acceptors (Lipinski definition) is 3. The maximum atomic E-state index is 12.5. The fraction of sp³-hybridized carbons (Fsp3) is 0.357. The van der Waals surface area contributed by atoms with E-state index in [2.05, 4.69) is 0 Å². The van der Waals surface area contributed by atoms with E-state index in [1.165, 1.54) is 18.2 Å². The monoisotopic (exact) mass is 313 g/mol. The Balaban J connectivity index is 2.16. The van der Waals surface area contributed by atoms with Crippen LogP contribution in [0.1, 0.15) is 13.3 Å². The predicted octanol–water partition coefficient (Wildman–Crippen LogP) is 2.29. The maximum absolute atomic E-state index is 12.5. The molecule has 20 heavy (non-hydrogen) atoms. The minimum Gasteiger partial charge on any atom is -0.338 e. The van der Waals surface area contributed by atoms with Crippen LogP contribution in [0, 0.1) is 0 Å². The molecule has 0 radical (unpaired) electrons. The number of allylic oxidation sites excluding steroid dienone is 1. The third-order valence-electron chi connectivity index (χ3n) is 3.35. The lowest BCUT2D eigenvalue weighted by Gasteiger charge is -2.15. The molecule has 6 heteroatoms. The van der Waals surface area contributed by atoms with Crippen molar-refractivity contribution < 1.29 is 13.2 Å². The van der Waals surface area contributed by atoms with Gasteiger partial charge in [-0.05, 0) is 43.7 Å². The maximum Gasteiger partial charge on any atom is 0.246 e. The number of halogens is 1. The summed E-state index contributed by atoms with van der Waals surface area (Å²) in [6, 6.07) is 6.14. The van der Waals surface area contributed by atoms with E-state index >= 15 is 0 Å². The Bertz CT molecular complexity index is 622. The van der Waals surface area contributed by atoms with Gasteiger partial charge in [-0.15, -0.1) is 0 Å². The van der Waals surface area contributed by atoms with Crippen molar-refractivity contribution in [3.8, 4) is 0 Å². The molecular weight excluding hydrogens is 298 g/mol. The van der Waals surface area contributed by atoms with Crippen molar-refractivity contribution in [2.75, 3.05) is 13.1 Å². The molecule has 1 saturated heterocycles. The van der Waals surface area contributed by atoms with Crippen LogP contribution in [0.4, 0.5) is 0 Å². The van der Waals surface area contributed by atoms with Crippen molar-refractivity contribution >= 4 is 27.3 Å². The molecule has 1 amide bonds. The average molecular weight is 314 g/mol. The molecule has 108 valence electrons. The topological polar surface area (TPSA) is 54.5 Å². The second kappa shape index (κ2) is 5.97. The summed E-state index contributed by atoms with van der Waals surface area (Å²) in [5.41, 5.74) is 0. The van der Waals surface area contributed by atoms with Gasteiger partial charge in [0.15, 0.2) is 9.84 Å². The number of carbonyl (C=O) groups is 1. The Kier molecular flexibility index (Phi) is 4.50. The Hall–Kier alpha value is -1.33. The van der Waals surface area contributed by atoms with Gasteiger partial charge in [-0.1, -0.05) is 17.7 Å². The fourth-order valence-corrected chi connectivity index (χ4v) is 4.06. The summed E-state index contributed by atoms with van der Waals surface area (Å²) in [7, 11) is -3.41. The van der Waals surface area contributed by atoms with E-state index in [4.69, 9.17) is 11.6 Å². The van der Waals surface area contributed by atoms with E-state index < -0.39 is 15.1 Å². The standard InChI is InChI=1S/C14H16ClNO3S/c1-2-3-14(17)16-9-8-13(10-16)20(18,19)12-6-4-11(15)5-7-12/h2-7,13H,8-10H2,1H3/b3-2+. The molecule has 1 unspecified atom stereocenters. The molecule has 2 rings (SSSR count). The van der Waals surface area contributed by atoms with Crippen molar-refractivity contribution in [2.45, 2.75) is 23.5 Å². The summed E-state index contributed by atoms with van der Waals surface area (Å²) in [5.74, 6) is -0.138. The van der Waals surface area contributed by atoms with Crippen LogP contribution in [-0.4, -0.2) is 37.6 Å². The van der Waals surface area contributed by atoms with E-state index in [-0.39, 0.29) is 17.3 Å². The number of hydrogen-bond donors (Lipinski definition) is 0. The molecule has 0 saturated carbocycles. The first-order valence-electron chi connectivity index (χ1n) is 6.36. The van der Waals surface area contributed by atoms with Gasteiger partial charge < -0.3 is 4.90 Å². The number of sulfone groups is 1. The summed E-state index contributed by atoms with van der Waals surface area (Å²) in [6.07, 6.45) is 3.58. The van der Waals surface area contributed by atoms with Crippen LogP contribution in [0.15, 0.2) is 41.3 Å². The van der Waals surface area contributed by atoms with E-state index in [1.807, 2.05) is 0 Å². The molecule has 1 atom stereocenters. The van der Waals surface area contributed by atoms with E-state index in [9.17, 15) is 13.2 Å². The van der Waals surface area contributed by atoms with Gasteiger partial charge in [-0.25, -0.2) is 8.42 Å². The SMILES string of the molecule is C/C=C/C(=O)N1CCC(S(=O)(=O)c2ccc(Cl)cc2)C1. The summed E-state index contributed by atoms with van der Waals surface area (Å²) >= 11 is 5.77. The number of amides is 1. The molecule has 0 N–H and O–H groups in total. The van der Waals surface area contributed by atoms with Gasteiger partial charge in [0.05, 0.1) is 10.1 Å². The van der Waals surface area contributed by atoms with Crippen LogP contribution < -0.4 is 0 Å². The first kappa shape index (κ1) is 15.1. The number of benzene rings is 1. The van der Waals surface area contributed by atoms with Gasteiger partial charge in [-0.3, -0.25) is 4.79 Å². The molecular formula is C14H16ClNO3S. The summed E-state index contributed by atoms with van der Waals surface area (Å²) < 4.78 is 24.9. The molecule has 0 aliphatic carbocycles. The highest BCUT2D eigenvalue weighted by Crippen LogP contribution is 2.25. The highest BCUT2D eigenvalue weighted by atomic mass is 35.5. The molecule has 1 aromatic carbocycles. The molecule has 1 aliphatic heterocycles. The molecule has 1 aliphatic rings. The minimum absolute atomic E-state index is 0.138. The molecule has 1 aromatic rings. The van der Waals surface area contributed by atoms with Crippen LogP contribution in [-0.2, 0) is 14.6 Å². The largest absolute Gasteiger partial charge is 0.338 e. The first-order chi connectivity index (χ1) is 9.45. The zero-order valence-electron chi connectivity index (χ0n) is 11.1. The predicted molar refractivity (Wildman–Crippen MR) is 78.4 cm³/mol. The third-order valence-corrected chi connectivity index (χ3v) is 5.79. The lowest BCUT2D eigenvalue weighted by atomic mass is 10.4. The Morgan fingerprint density at radius 3 is 2.60 bits per heavy atom. The lowest BCUT2D eigenvalue weighted by molar-refractivity contribution is -0.124. The van der Waals surface area contributed by atoms with E-state index in [0.717, 1.165) is 0 Å². The van der Waals surface area contributed by atoms with Crippen LogP contribution in [0.2, 0.25) is 5.02 Å². The summed E-state index contributed by atoms with van der Waals surface area (Å²) in [6.45, 7) is 2.48. The molecule has 0 aromatic heterocycles. The first-order valence-corrected chi connectivity index (χ1v) is 8.28. The van der Waals surface area contributed by atoms with Crippen molar-refractivity contribution in [3.63, 3.8) is 0 Å². The van der Waals surface area contributed by atoms with Gasteiger partial charge in [-0.2, -0.15) is 0 Å². The zero-order valence-corrected chi connectivity index (χ0v) is 12.7. The number of carbonyl (C=O) groups excluding carboxylic acids is 1. The number of likely N-dealkylation sites (tertiary alicyclic amines) is 1. The van der Waals surface area contributed by atoms with Crippen molar-refractivity contribution in [3.05, 3.63) is 41.4 Å². The highest BCUT2D eigenvalue weighted by Gasteiger charge is 2.35. The quantitative estimate of drug-likeness (QED) is 0.805. The smallest absolute Gasteiger partial charge is 0.246 e. The number of rotatable bonds is 3. The van der Waals surface area contributed by atoms with Crippen LogP contribution >= 0.6 is 11.6 Å². The van der Waals surface area contributed by atoms with Gasteiger partial charge in [0.25, 0.3) is 0 Å². The van der Waals surface area contributed by atoms with Crippen LogP contribution in [0.25, 0.3) is 0 Å². The number of nitrogens with zero attached hydrogens (tertiary/aromatic N) is 1. The van der Waals surface area contributed by atoms with Gasteiger partial charge in [0.1, 0.15) is 0 Å². The van der Waals surface area contributed by atoms with Crippen molar-refractivity contribution in [2.24, 2.45) is 0 Å². The van der Waals surface area contributed by atoms with E-state index in [1.54, 1.807) is 30.0 Å². The summed E-state index contributed by atoms with van der Waals surface area (Å²) in [5, 5.41) is -0.0434. The molecule has 0 spiro atoms. The molecule has 4 nitrogen and oxygen atoms in total. The summed E-state index contributed by atoms with van der Waals surface area (Å²) in [4.78, 5) is 13.6. The lowest BCUT2D eigenvalue weighted by Crippen LogP contribution is -2.30. The Morgan fingerprint density at radius 1 is 1.35 bits per heavy atom. The molecule has 0 bridgehead atoms. The van der Waals surface area contributed by atoms with Gasteiger partial charge in [0.2, 0.25) is 5.91 Å². The second-order valence-electron chi connectivity index (χ2n) is 4.69. The normalized spacial score (nSPS) is 19.7. The molecule has 1 fully saturated rings. The minimum atomic E-state index is -3.41. The van der Waals surface area contributed by atoms with Gasteiger partial charge >= 0.3 is 0 Å². The highest BCUT2D eigenvalue weighted by molar-refractivity contribution is 7.92. The average Bonchev–Trinajstić information content (AvgIpc) is 2.90. The van der Waals surface area contributed by atoms with Crippen molar-refractivity contribution in [1.29, 1.82) is 0 Å². The third kappa shape index (κ3) is 3.04. The molecule has 1 heterocycles. The Morgan fingerprint density at radius 2 is 2.00 bits per heavy atom. The zero-order chi connectivity index (χ0) is 14.8. The van der Waals surface area contributed by atoms with Crippen LogP contribution in [0.3, 0.4) is 0 Å². The van der Waals surface area contributed by atoms with E-state index in [0.29, 0.717) is 18.0 Å². The van der Waals surface area contributed by atoms with Crippen LogP contribution in [0.5, 0.6) is 0 Å². The second-order valence-corrected chi connectivity index (χ2v) is 7.36. The van der Waals surface area contributed by atoms with Gasteiger partial charge in [0, 0.05) is 18.1 Å².